The second-order valence-corrected chi connectivity index (χ2v) is 15.6. The van der Waals surface area contributed by atoms with Gasteiger partial charge in [-0.3, -0.25) is 4.57 Å². The molecule has 0 heterocycles. The van der Waals surface area contributed by atoms with E-state index in [-0.39, 0.29) is 0 Å². The number of unbranched alkanes of at least 4 members (excludes halogenated alkanes) is 7. The molecule has 0 N–H and O–H groups in total. The molecule has 158 valence electrons. The van der Waals surface area contributed by atoms with Crippen LogP contribution in [-0.2, 0) is 18.0 Å². The molecule has 4 nitrogen and oxygen atoms in total. The summed E-state index contributed by atoms with van der Waals surface area (Å²) in [6, 6.07) is 0. The molecule has 0 unspecified atom stereocenters. The van der Waals surface area contributed by atoms with Gasteiger partial charge in [0.25, 0.3) is 0 Å². The Morgan fingerprint density at radius 1 is 0.769 bits per heavy atom. The Morgan fingerprint density at radius 3 is 1.62 bits per heavy atom. The van der Waals surface area contributed by atoms with Gasteiger partial charge in [-0.1, -0.05) is 59.3 Å². The Morgan fingerprint density at radius 2 is 1.19 bits per heavy atom. The molecule has 0 atom stereocenters. The zero-order chi connectivity index (χ0) is 20.1. The molecule has 0 radical (unpaired) electrons. The maximum Gasteiger partial charge on any atom is 0.330 e. The molecular weight excluding hydrogens is 363 g/mol. The van der Waals surface area contributed by atoms with Crippen LogP contribution in [0.15, 0.2) is 0 Å². The van der Waals surface area contributed by atoms with Crippen molar-refractivity contribution in [2.45, 2.75) is 104 Å². The van der Waals surface area contributed by atoms with E-state index in [2.05, 4.69) is 33.9 Å². The van der Waals surface area contributed by atoms with Crippen molar-refractivity contribution in [3.05, 3.63) is 0 Å². The molecule has 0 aromatic heterocycles. The van der Waals surface area contributed by atoms with E-state index in [1.807, 2.05) is 13.8 Å². The van der Waals surface area contributed by atoms with Gasteiger partial charge in [-0.05, 0) is 44.8 Å². The van der Waals surface area contributed by atoms with Crippen LogP contribution in [0.5, 0.6) is 0 Å². The fourth-order valence-electron chi connectivity index (χ4n) is 2.57. The van der Waals surface area contributed by atoms with Crippen molar-refractivity contribution < 1.29 is 18.0 Å². The van der Waals surface area contributed by atoms with E-state index in [4.69, 9.17) is 13.5 Å². The summed E-state index contributed by atoms with van der Waals surface area (Å²) in [6.45, 7) is 17.1. The van der Waals surface area contributed by atoms with Gasteiger partial charge in [0, 0.05) is 6.61 Å². The molecule has 0 aliphatic heterocycles. The minimum atomic E-state index is -2.83. The van der Waals surface area contributed by atoms with Crippen LogP contribution in [-0.4, -0.2) is 34.3 Å². The third-order valence-corrected chi connectivity index (χ3v) is 12.0. The van der Waals surface area contributed by atoms with Crippen LogP contribution in [0.4, 0.5) is 0 Å². The van der Waals surface area contributed by atoms with Gasteiger partial charge in [-0.2, -0.15) is 0 Å². The van der Waals surface area contributed by atoms with Crippen molar-refractivity contribution in [2.75, 3.05) is 26.0 Å². The first-order chi connectivity index (χ1) is 12.1. The first kappa shape index (κ1) is 26.3. The summed E-state index contributed by atoms with van der Waals surface area (Å²) in [4.78, 5) is 0. The second-order valence-electron chi connectivity index (χ2n) is 8.61. The molecular formula is C20H45O4PSi. The van der Waals surface area contributed by atoms with Crippen LogP contribution in [0, 0.1) is 0 Å². The average Bonchev–Trinajstić information content (AvgIpc) is 2.52. The first-order valence-electron chi connectivity index (χ1n) is 10.6. The first-order valence-corrected chi connectivity index (χ1v) is 15.2. The number of hydrogen-bond donors (Lipinski definition) is 0. The van der Waals surface area contributed by atoms with E-state index in [1.54, 1.807) is 0 Å². The highest BCUT2D eigenvalue weighted by molar-refractivity contribution is 7.53. The Kier molecular flexibility index (Phi) is 13.7. The summed E-state index contributed by atoms with van der Waals surface area (Å²) in [5, 5.41) is 0.307. The standard InChI is InChI=1S/C20H45O4PSi/c1-8-22-25(21,23-9-2)19-17-15-13-11-10-12-14-16-18-24-26(6,7)20(3,4)5/h8-19H2,1-7H3. The van der Waals surface area contributed by atoms with Gasteiger partial charge in [-0.25, -0.2) is 0 Å². The predicted octanol–water partition coefficient (Wildman–Crippen LogP) is 7.40. The SMILES string of the molecule is CCOP(=O)(CCCCCCCCCCO[Si](C)(C)C(C)(C)C)OCC. The van der Waals surface area contributed by atoms with Crippen molar-refractivity contribution in [2.24, 2.45) is 0 Å². The van der Waals surface area contributed by atoms with Gasteiger partial charge >= 0.3 is 7.60 Å². The molecule has 0 aliphatic carbocycles. The molecule has 0 spiro atoms. The minimum absolute atomic E-state index is 0.307. The number of hydrogen-bond acceptors (Lipinski definition) is 4. The summed E-state index contributed by atoms with van der Waals surface area (Å²) < 4.78 is 29.2. The second kappa shape index (κ2) is 13.5. The third kappa shape index (κ3) is 11.9. The van der Waals surface area contributed by atoms with Crippen LogP contribution in [0.25, 0.3) is 0 Å². The lowest BCUT2D eigenvalue weighted by atomic mass is 10.1. The van der Waals surface area contributed by atoms with Gasteiger partial charge in [0.2, 0.25) is 0 Å². The van der Waals surface area contributed by atoms with Crippen LogP contribution in [0.1, 0.15) is 86.0 Å². The van der Waals surface area contributed by atoms with E-state index in [1.165, 1.54) is 38.5 Å². The smallest absolute Gasteiger partial charge is 0.330 e. The molecule has 0 aromatic carbocycles. The molecule has 0 bridgehead atoms. The number of rotatable bonds is 16. The van der Waals surface area contributed by atoms with Gasteiger partial charge in [0.1, 0.15) is 0 Å². The molecule has 26 heavy (non-hydrogen) atoms. The minimum Gasteiger partial charge on any atom is -0.417 e. The quantitative estimate of drug-likeness (QED) is 0.152. The van der Waals surface area contributed by atoms with Gasteiger partial charge < -0.3 is 13.5 Å². The van der Waals surface area contributed by atoms with Crippen molar-refractivity contribution in [3.63, 3.8) is 0 Å². The predicted molar refractivity (Wildman–Crippen MR) is 116 cm³/mol. The summed E-state index contributed by atoms with van der Waals surface area (Å²) >= 11 is 0. The van der Waals surface area contributed by atoms with E-state index in [9.17, 15) is 4.57 Å². The van der Waals surface area contributed by atoms with Crippen LogP contribution in [0.2, 0.25) is 18.1 Å². The molecule has 0 rings (SSSR count). The molecule has 0 saturated heterocycles. The van der Waals surface area contributed by atoms with Crippen LogP contribution >= 0.6 is 7.60 Å². The van der Waals surface area contributed by atoms with Crippen molar-refractivity contribution in [1.82, 2.24) is 0 Å². The largest absolute Gasteiger partial charge is 0.417 e. The van der Waals surface area contributed by atoms with Crippen molar-refractivity contribution in [3.8, 4) is 0 Å². The molecule has 0 amide bonds. The van der Waals surface area contributed by atoms with E-state index < -0.39 is 15.9 Å². The fourth-order valence-corrected chi connectivity index (χ4v) is 5.39. The van der Waals surface area contributed by atoms with E-state index in [0.717, 1.165) is 19.4 Å². The topological polar surface area (TPSA) is 44.8 Å². The summed E-state index contributed by atoms with van der Waals surface area (Å²) in [5.74, 6) is 0. The average molecular weight is 409 g/mol. The van der Waals surface area contributed by atoms with Crippen LogP contribution < -0.4 is 0 Å². The Hall–Kier alpha value is 0.327. The van der Waals surface area contributed by atoms with Gasteiger partial charge in [0.15, 0.2) is 8.32 Å². The lowest BCUT2D eigenvalue weighted by Crippen LogP contribution is -2.40. The zero-order valence-electron chi connectivity index (χ0n) is 18.6. The monoisotopic (exact) mass is 408 g/mol. The van der Waals surface area contributed by atoms with E-state index in [0.29, 0.717) is 24.4 Å². The third-order valence-electron chi connectivity index (χ3n) is 5.25. The molecule has 0 aliphatic rings. The summed E-state index contributed by atoms with van der Waals surface area (Å²) in [5.41, 5.74) is 0. The van der Waals surface area contributed by atoms with E-state index >= 15 is 0 Å². The highest BCUT2D eigenvalue weighted by Crippen LogP contribution is 2.48. The summed E-state index contributed by atoms with van der Waals surface area (Å²) in [7, 11) is -4.40. The highest BCUT2D eigenvalue weighted by Gasteiger charge is 2.36. The fraction of sp³-hybridized carbons (Fsp3) is 1.00. The molecule has 0 aromatic rings. The zero-order valence-corrected chi connectivity index (χ0v) is 20.5. The maximum absolute atomic E-state index is 12.3. The lowest BCUT2D eigenvalue weighted by Gasteiger charge is -2.36. The Bertz CT molecular complexity index is 384. The lowest BCUT2D eigenvalue weighted by molar-refractivity contribution is 0.219. The van der Waals surface area contributed by atoms with Crippen molar-refractivity contribution in [1.29, 1.82) is 0 Å². The molecule has 0 saturated carbocycles. The van der Waals surface area contributed by atoms with Gasteiger partial charge in [0.05, 0.1) is 19.4 Å². The highest BCUT2D eigenvalue weighted by atomic mass is 31.2. The Balaban J connectivity index is 3.59. The molecule has 0 fully saturated rings. The maximum atomic E-state index is 12.3. The Labute approximate surface area is 164 Å². The van der Waals surface area contributed by atoms with Crippen LogP contribution in [0.3, 0.4) is 0 Å². The normalized spacial score (nSPS) is 13.3. The van der Waals surface area contributed by atoms with Crippen molar-refractivity contribution >= 4 is 15.9 Å². The molecule has 6 heteroatoms. The summed E-state index contributed by atoms with van der Waals surface area (Å²) in [6.07, 6.45) is 10.1. The van der Waals surface area contributed by atoms with Gasteiger partial charge in [-0.15, -0.1) is 0 Å².